The predicted molar refractivity (Wildman–Crippen MR) is 75.2 cm³/mol. The SMILES string of the molecule is CCc1c(C)n(C)c2ccc(N(C(N)=O)C(F)(F)F)cc12. The number of carbonyl (C=O) groups is 1. The highest BCUT2D eigenvalue weighted by atomic mass is 19.4. The number of rotatable bonds is 2. The van der Waals surface area contributed by atoms with Crippen LogP contribution in [0.25, 0.3) is 10.9 Å². The van der Waals surface area contributed by atoms with Crippen molar-refractivity contribution in [2.24, 2.45) is 12.8 Å². The minimum absolute atomic E-state index is 0.275. The number of halogens is 3. The highest BCUT2D eigenvalue weighted by molar-refractivity contribution is 5.96. The van der Waals surface area contributed by atoms with Gasteiger partial charge in [-0.2, -0.15) is 0 Å². The van der Waals surface area contributed by atoms with E-state index in [4.69, 9.17) is 5.73 Å². The number of amides is 2. The van der Waals surface area contributed by atoms with Gasteiger partial charge in [-0.15, -0.1) is 13.2 Å². The van der Waals surface area contributed by atoms with E-state index in [1.165, 1.54) is 12.1 Å². The lowest BCUT2D eigenvalue weighted by Gasteiger charge is -2.23. The summed E-state index contributed by atoms with van der Waals surface area (Å²) >= 11 is 0. The molecule has 0 saturated carbocycles. The summed E-state index contributed by atoms with van der Waals surface area (Å²) in [5.74, 6) is 0. The zero-order valence-electron chi connectivity index (χ0n) is 12.0. The fourth-order valence-electron chi connectivity index (χ4n) is 2.62. The lowest BCUT2D eigenvalue weighted by molar-refractivity contribution is -0.120. The highest BCUT2D eigenvalue weighted by Gasteiger charge is 2.41. The van der Waals surface area contributed by atoms with Crippen LogP contribution < -0.4 is 10.6 Å². The van der Waals surface area contributed by atoms with Crippen LogP contribution in [0.2, 0.25) is 0 Å². The van der Waals surface area contributed by atoms with Crippen molar-refractivity contribution >= 4 is 22.6 Å². The van der Waals surface area contributed by atoms with Crippen LogP contribution >= 0.6 is 0 Å². The Balaban J connectivity index is 2.70. The van der Waals surface area contributed by atoms with E-state index in [-0.39, 0.29) is 10.6 Å². The summed E-state index contributed by atoms with van der Waals surface area (Å²) in [7, 11) is 1.85. The van der Waals surface area contributed by atoms with Crippen molar-refractivity contribution in [2.75, 3.05) is 4.90 Å². The quantitative estimate of drug-likeness (QED) is 0.848. The number of benzene rings is 1. The molecule has 1 aromatic heterocycles. The number of alkyl halides is 3. The minimum Gasteiger partial charge on any atom is -0.351 e. The normalized spacial score (nSPS) is 11.9. The van der Waals surface area contributed by atoms with Crippen molar-refractivity contribution in [3.05, 3.63) is 29.5 Å². The molecular weight excluding hydrogens is 283 g/mol. The topological polar surface area (TPSA) is 51.3 Å². The standard InChI is InChI=1S/C14H16F3N3O/c1-4-10-8(2)19(3)12-6-5-9(7-11(10)12)20(13(18)21)14(15,16)17/h5-7H,4H2,1-3H3,(H2,18,21). The fourth-order valence-corrected chi connectivity index (χ4v) is 2.62. The Morgan fingerprint density at radius 3 is 2.48 bits per heavy atom. The molecule has 2 aromatic rings. The lowest BCUT2D eigenvalue weighted by Crippen LogP contribution is -2.46. The molecule has 0 unspecified atom stereocenters. The van der Waals surface area contributed by atoms with E-state index in [0.717, 1.165) is 16.8 Å². The molecule has 0 saturated heterocycles. The molecule has 1 heterocycles. The molecule has 4 nitrogen and oxygen atoms in total. The molecule has 1 aromatic carbocycles. The number of nitrogens with two attached hydrogens (primary N) is 1. The van der Waals surface area contributed by atoms with Crippen molar-refractivity contribution < 1.29 is 18.0 Å². The smallest absolute Gasteiger partial charge is 0.351 e. The van der Waals surface area contributed by atoms with Crippen molar-refractivity contribution in [1.82, 2.24) is 4.57 Å². The molecule has 0 aliphatic rings. The number of hydrogen-bond acceptors (Lipinski definition) is 1. The van der Waals surface area contributed by atoms with Crippen LogP contribution in [0.5, 0.6) is 0 Å². The maximum Gasteiger partial charge on any atom is 0.493 e. The summed E-state index contributed by atoms with van der Waals surface area (Å²) in [5.41, 5.74) is 7.36. The van der Waals surface area contributed by atoms with Crippen molar-refractivity contribution in [3.8, 4) is 0 Å². The number of aromatic nitrogens is 1. The van der Waals surface area contributed by atoms with E-state index in [1.807, 2.05) is 25.5 Å². The summed E-state index contributed by atoms with van der Waals surface area (Å²) in [6, 6.07) is 2.63. The Morgan fingerprint density at radius 2 is 2.00 bits per heavy atom. The number of hydrogen-bond donors (Lipinski definition) is 1. The van der Waals surface area contributed by atoms with Crippen molar-refractivity contribution in [2.45, 2.75) is 26.6 Å². The molecule has 0 aliphatic heterocycles. The van der Waals surface area contributed by atoms with Gasteiger partial charge in [0.2, 0.25) is 0 Å². The van der Waals surface area contributed by atoms with Crippen LogP contribution in [0, 0.1) is 6.92 Å². The lowest BCUT2D eigenvalue weighted by atomic mass is 10.1. The van der Waals surface area contributed by atoms with Crippen LogP contribution in [0.4, 0.5) is 23.7 Å². The van der Waals surface area contributed by atoms with E-state index in [0.29, 0.717) is 11.8 Å². The molecule has 7 heteroatoms. The van der Waals surface area contributed by atoms with Gasteiger partial charge in [0, 0.05) is 23.6 Å². The van der Waals surface area contributed by atoms with Crippen molar-refractivity contribution in [3.63, 3.8) is 0 Å². The maximum atomic E-state index is 12.9. The van der Waals surface area contributed by atoms with E-state index >= 15 is 0 Å². The van der Waals surface area contributed by atoms with Gasteiger partial charge >= 0.3 is 12.3 Å². The first-order valence-corrected chi connectivity index (χ1v) is 6.42. The molecule has 0 atom stereocenters. The Morgan fingerprint density at radius 1 is 1.38 bits per heavy atom. The second-order valence-electron chi connectivity index (χ2n) is 4.82. The van der Waals surface area contributed by atoms with Gasteiger partial charge in [0.25, 0.3) is 0 Å². The van der Waals surface area contributed by atoms with E-state index < -0.39 is 12.3 Å². The molecule has 114 valence electrons. The second kappa shape index (κ2) is 4.98. The first kappa shape index (κ1) is 15.2. The third kappa shape index (κ3) is 2.43. The average Bonchev–Trinajstić information content (AvgIpc) is 2.59. The monoisotopic (exact) mass is 299 g/mol. The number of nitrogens with zero attached hydrogens (tertiary/aromatic N) is 2. The van der Waals surface area contributed by atoms with Gasteiger partial charge in [0.05, 0.1) is 5.69 Å². The molecule has 0 bridgehead atoms. The van der Waals surface area contributed by atoms with Crippen LogP contribution in [0.15, 0.2) is 18.2 Å². The van der Waals surface area contributed by atoms with Crippen molar-refractivity contribution in [1.29, 1.82) is 0 Å². The third-order valence-electron chi connectivity index (χ3n) is 3.69. The van der Waals surface area contributed by atoms with Gasteiger partial charge < -0.3 is 10.3 Å². The number of urea groups is 1. The number of carbonyl (C=O) groups excluding carboxylic acids is 1. The summed E-state index contributed by atoms with van der Waals surface area (Å²) in [5, 5.41) is 0.700. The summed E-state index contributed by atoms with van der Waals surface area (Å²) < 4.78 is 40.7. The van der Waals surface area contributed by atoms with Crippen LogP contribution in [0.1, 0.15) is 18.2 Å². The largest absolute Gasteiger partial charge is 0.493 e. The molecule has 21 heavy (non-hydrogen) atoms. The van der Waals surface area contributed by atoms with E-state index in [9.17, 15) is 18.0 Å². The van der Waals surface area contributed by atoms with E-state index in [1.54, 1.807) is 6.07 Å². The first-order valence-electron chi connectivity index (χ1n) is 6.42. The van der Waals surface area contributed by atoms with Gasteiger partial charge in [-0.3, -0.25) is 0 Å². The fraction of sp³-hybridized carbons (Fsp3) is 0.357. The number of aryl methyl sites for hydroxylation is 2. The Labute approximate surface area is 119 Å². The van der Waals surface area contributed by atoms with Crippen LogP contribution in [0.3, 0.4) is 0 Å². The van der Waals surface area contributed by atoms with E-state index in [2.05, 4.69) is 0 Å². The Kier molecular flexibility index (Phi) is 3.61. The summed E-state index contributed by atoms with van der Waals surface area (Å²) in [6.45, 7) is 3.85. The van der Waals surface area contributed by atoms with Gasteiger partial charge in [-0.05, 0) is 37.1 Å². The highest BCUT2D eigenvalue weighted by Crippen LogP contribution is 2.33. The van der Waals surface area contributed by atoms with Gasteiger partial charge in [0.15, 0.2) is 0 Å². The van der Waals surface area contributed by atoms with Gasteiger partial charge in [-0.1, -0.05) is 6.92 Å². The third-order valence-corrected chi connectivity index (χ3v) is 3.69. The molecule has 0 fully saturated rings. The Hall–Kier alpha value is -2.18. The number of primary amides is 1. The number of fused-ring (bicyclic) bond motifs is 1. The molecule has 0 spiro atoms. The van der Waals surface area contributed by atoms with Gasteiger partial charge in [-0.25, -0.2) is 9.69 Å². The zero-order valence-corrected chi connectivity index (χ0v) is 12.0. The molecule has 0 radical (unpaired) electrons. The average molecular weight is 299 g/mol. The molecule has 2 amide bonds. The minimum atomic E-state index is -4.85. The summed E-state index contributed by atoms with van der Waals surface area (Å²) in [4.78, 5) is 10.8. The molecule has 0 aliphatic carbocycles. The Bertz CT molecular complexity index is 704. The predicted octanol–water partition coefficient (Wildman–Crippen LogP) is 3.45. The van der Waals surface area contributed by atoms with Crippen LogP contribution in [-0.2, 0) is 13.5 Å². The van der Waals surface area contributed by atoms with Gasteiger partial charge in [0.1, 0.15) is 0 Å². The first-order chi connectivity index (χ1) is 9.68. The van der Waals surface area contributed by atoms with Crippen LogP contribution in [-0.4, -0.2) is 16.9 Å². The maximum absolute atomic E-state index is 12.9. The molecule has 2 N–H and O–H groups in total. The second-order valence-corrected chi connectivity index (χ2v) is 4.82. The number of anilines is 1. The molecule has 2 rings (SSSR count). The zero-order chi connectivity index (χ0) is 15.9. The molecular formula is C14H16F3N3O. The summed E-state index contributed by atoms with van der Waals surface area (Å²) in [6.07, 6.45) is -4.16.